The van der Waals surface area contributed by atoms with Crippen LogP contribution in [0.5, 0.6) is 0 Å². The van der Waals surface area contributed by atoms with Gasteiger partial charge in [0.2, 0.25) is 15.9 Å². The third-order valence-corrected chi connectivity index (χ3v) is 7.52. The van der Waals surface area contributed by atoms with Crippen molar-refractivity contribution in [3.05, 3.63) is 92.9 Å². The number of sulfonamides is 1. The van der Waals surface area contributed by atoms with Gasteiger partial charge in [0.05, 0.1) is 39.8 Å². The topological polar surface area (TPSA) is 92.8 Å². The number of carbonyl (C=O) groups excluding carboxylic acids is 2. The van der Waals surface area contributed by atoms with Crippen LogP contribution in [0.2, 0.25) is 15.1 Å². The van der Waals surface area contributed by atoms with Crippen molar-refractivity contribution in [3.63, 3.8) is 0 Å². The van der Waals surface area contributed by atoms with Crippen molar-refractivity contribution in [3.8, 4) is 0 Å². The Morgan fingerprint density at radius 3 is 2.26 bits per heavy atom. The van der Waals surface area contributed by atoms with E-state index in [1.165, 1.54) is 49.6 Å². The zero-order valence-corrected chi connectivity index (χ0v) is 20.9. The van der Waals surface area contributed by atoms with Crippen LogP contribution in [0.15, 0.2) is 71.6 Å². The highest BCUT2D eigenvalue weighted by Gasteiger charge is 2.28. The van der Waals surface area contributed by atoms with Crippen LogP contribution in [0.1, 0.15) is 15.9 Å². The van der Waals surface area contributed by atoms with Crippen LogP contribution < -0.4 is 5.32 Å². The number of benzene rings is 3. The predicted molar refractivity (Wildman–Crippen MR) is 132 cm³/mol. The van der Waals surface area contributed by atoms with E-state index in [9.17, 15) is 18.0 Å². The number of hydrogen-bond donors (Lipinski definition) is 1. The van der Waals surface area contributed by atoms with Crippen LogP contribution in [-0.4, -0.2) is 38.3 Å². The Hall–Kier alpha value is -2.62. The monoisotopic (exact) mass is 540 g/mol. The molecule has 0 spiro atoms. The van der Waals surface area contributed by atoms with Crippen LogP contribution in [-0.2, 0) is 26.1 Å². The summed E-state index contributed by atoms with van der Waals surface area (Å²) in [5.74, 6) is -1.30. The molecule has 7 nitrogen and oxygen atoms in total. The zero-order valence-electron chi connectivity index (χ0n) is 17.8. The normalized spacial score (nSPS) is 11.3. The number of amides is 1. The quantitative estimate of drug-likeness (QED) is 0.393. The lowest BCUT2D eigenvalue weighted by atomic mass is 10.2. The minimum atomic E-state index is -4.11. The molecule has 0 fully saturated rings. The Balaban J connectivity index is 1.92. The Bertz CT molecular complexity index is 1310. The van der Waals surface area contributed by atoms with Crippen molar-refractivity contribution in [2.75, 3.05) is 19.0 Å². The van der Waals surface area contributed by atoms with Crippen molar-refractivity contribution in [1.29, 1.82) is 0 Å². The standard InChI is InChI=1S/C23H19Cl3N2O5S/c1-33-23(30)18-4-2-3-5-21(18)27-22(29)14-28(13-15-6-11-19(25)20(26)12-15)34(31,32)17-9-7-16(24)8-10-17/h2-12H,13-14H2,1H3,(H,27,29). The number of rotatable bonds is 8. The van der Waals surface area contributed by atoms with Crippen LogP contribution in [0.25, 0.3) is 0 Å². The Labute approximate surface area is 212 Å². The molecule has 0 aliphatic carbocycles. The van der Waals surface area contributed by atoms with Crippen LogP contribution in [0.4, 0.5) is 5.69 Å². The lowest BCUT2D eigenvalue weighted by molar-refractivity contribution is -0.116. The lowest BCUT2D eigenvalue weighted by Crippen LogP contribution is -2.37. The average molecular weight is 542 g/mol. The predicted octanol–water partition coefficient (Wildman–Crippen LogP) is 5.26. The molecule has 0 radical (unpaired) electrons. The van der Waals surface area contributed by atoms with Crippen LogP contribution in [0.3, 0.4) is 0 Å². The number of nitrogens with one attached hydrogen (secondary N) is 1. The number of halogens is 3. The van der Waals surface area contributed by atoms with Gasteiger partial charge in [0.1, 0.15) is 0 Å². The molecule has 1 amide bonds. The third-order valence-electron chi connectivity index (χ3n) is 4.72. The summed E-state index contributed by atoms with van der Waals surface area (Å²) in [6.45, 7) is -0.700. The molecule has 0 heterocycles. The highest BCUT2D eigenvalue weighted by atomic mass is 35.5. The number of para-hydroxylation sites is 1. The molecular formula is C23H19Cl3N2O5S. The fraction of sp³-hybridized carbons (Fsp3) is 0.130. The first-order valence-corrected chi connectivity index (χ1v) is 12.4. The molecule has 0 saturated heterocycles. The second kappa shape index (κ2) is 11.2. The largest absolute Gasteiger partial charge is 0.465 e. The fourth-order valence-corrected chi connectivity index (χ4v) is 4.88. The number of esters is 1. The molecule has 178 valence electrons. The number of ether oxygens (including phenoxy) is 1. The maximum Gasteiger partial charge on any atom is 0.339 e. The van der Waals surface area contributed by atoms with Gasteiger partial charge in [0, 0.05) is 11.6 Å². The van der Waals surface area contributed by atoms with Gasteiger partial charge in [-0.3, -0.25) is 4.79 Å². The number of methoxy groups -OCH3 is 1. The SMILES string of the molecule is COC(=O)c1ccccc1NC(=O)CN(Cc1ccc(Cl)c(Cl)c1)S(=O)(=O)c1ccc(Cl)cc1. The summed E-state index contributed by atoms with van der Waals surface area (Å²) in [5.41, 5.74) is 0.849. The van der Waals surface area contributed by atoms with Gasteiger partial charge < -0.3 is 10.1 Å². The van der Waals surface area contributed by atoms with E-state index in [2.05, 4.69) is 5.32 Å². The van der Waals surface area contributed by atoms with Crippen molar-refractivity contribution in [2.45, 2.75) is 11.4 Å². The average Bonchev–Trinajstić information content (AvgIpc) is 2.81. The molecule has 0 aromatic heterocycles. The van der Waals surface area contributed by atoms with Gasteiger partial charge in [0.15, 0.2) is 0 Å². The van der Waals surface area contributed by atoms with E-state index >= 15 is 0 Å². The fourth-order valence-electron chi connectivity index (χ4n) is 3.05. The summed E-state index contributed by atoms with van der Waals surface area (Å²) < 4.78 is 32.5. The molecule has 11 heteroatoms. The Morgan fingerprint density at radius 2 is 1.62 bits per heavy atom. The van der Waals surface area contributed by atoms with Crippen LogP contribution in [0, 0.1) is 0 Å². The summed E-state index contributed by atoms with van der Waals surface area (Å²) >= 11 is 17.9. The van der Waals surface area contributed by atoms with Crippen molar-refractivity contribution >= 4 is 62.4 Å². The first-order chi connectivity index (χ1) is 16.1. The van der Waals surface area contributed by atoms with E-state index in [0.717, 1.165) is 4.31 Å². The number of hydrogen-bond acceptors (Lipinski definition) is 5. The van der Waals surface area contributed by atoms with Crippen molar-refractivity contribution < 1.29 is 22.7 Å². The molecule has 0 atom stereocenters. The van der Waals surface area contributed by atoms with Crippen molar-refractivity contribution in [1.82, 2.24) is 4.31 Å². The highest BCUT2D eigenvalue weighted by Crippen LogP contribution is 2.26. The van der Waals surface area contributed by atoms with Gasteiger partial charge in [-0.25, -0.2) is 13.2 Å². The minimum Gasteiger partial charge on any atom is -0.465 e. The molecule has 0 aliphatic heterocycles. The van der Waals surface area contributed by atoms with E-state index in [4.69, 9.17) is 39.5 Å². The maximum atomic E-state index is 13.4. The first kappa shape index (κ1) is 26.0. The highest BCUT2D eigenvalue weighted by molar-refractivity contribution is 7.89. The molecule has 0 unspecified atom stereocenters. The molecule has 3 aromatic carbocycles. The van der Waals surface area contributed by atoms with Gasteiger partial charge in [-0.15, -0.1) is 0 Å². The molecule has 1 N–H and O–H groups in total. The van der Waals surface area contributed by atoms with Gasteiger partial charge in [-0.1, -0.05) is 53.0 Å². The number of carbonyl (C=O) groups is 2. The van der Waals surface area contributed by atoms with E-state index in [1.807, 2.05) is 0 Å². The Kier molecular flexibility index (Phi) is 8.57. The number of anilines is 1. The summed E-state index contributed by atoms with van der Waals surface area (Å²) in [6.07, 6.45) is 0. The van der Waals surface area contributed by atoms with Gasteiger partial charge in [-0.05, 0) is 54.1 Å². The molecular weight excluding hydrogens is 523 g/mol. The summed E-state index contributed by atoms with van der Waals surface area (Å²) in [7, 11) is -2.89. The molecule has 0 saturated carbocycles. The van der Waals surface area contributed by atoms with E-state index in [-0.39, 0.29) is 27.7 Å². The summed E-state index contributed by atoms with van der Waals surface area (Å²) in [5, 5.41) is 3.51. The van der Waals surface area contributed by atoms with Crippen molar-refractivity contribution in [2.24, 2.45) is 0 Å². The van der Waals surface area contributed by atoms with Gasteiger partial charge in [-0.2, -0.15) is 4.31 Å². The molecule has 3 rings (SSSR count). The maximum absolute atomic E-state index is 13.4. The lowest BCUT2D eigenvalue weighted by Gasteiger charge is -2.22. The van der Waals surface area contributed by atoms with Gasteiger partial charge in [0.25, 0.3) is 0 Å². The van der Waals surface area contributed by atoms with E-state index in [1.54, 1.807) is 24.3 Å². The second-order valence-corrected chi connectivity index (χ2v) is 10.2. The summed E-state index contributed by atoms with van der Waals surface area (Å²) in [6, 6.07) is 16.5. The smallest absolute Gasteiger partial charge is 0.339 e. The number of nitrogens with zero attached hydrogens (tertiary/aromatic N) is 1. The first-order valence-electron chi connectivity index (χ1n) is 9.78. The zero-order chi connectivity index (χ0) is 24.9. The Morgan fingerprint density at radius 1 is 0.941 bits per heavy atom. The second-order valence-electron chi connectivity index (χ2n) is 7.06. The van der Waals surface area contributed by atoms with E-state index in [0.29, 0.717) is 15.6 Å². The molecule has 0 aliphatic rings. The third kappa shape index (κ3) is 6.28. The molecule has 0 bridgehead atoms. The van der Waals surface area contributed by atoms with Gasteiger partial charge >= 0.3 is 5.97 Å². The molecule has 3 aromatic rings. The summed E-state index contributed by atoms with van der Waals surface area (Å²) in [4.78, 5) is 24.8. The molecule has 34 heavy (non-hydrogen) atoms. The van der Waals surface area contributed by atoms with E-state index < -0.39 is 28.4 Å². The minimum absolute atomic E-state index is 0.0419. The van der Waals surface area contributed by atoms with Crippen LogP contribution >= 0.6 is 34.8 Å².